The highest BCUT2D eigenvalue weighted by molar-refractivity contribution is 7.71. The summed E-state index contributed by atoms with van der Waals surface area (Å²) in [7, 11) is 2.02. The van der Waals surface area contributed by atoms with E-state index < -0.39 is 0 Å². The van der Waals surface area contributed by atoms with Crippen molar-refractivity contribution in [1.29, 1.82) is 0 Å². The molecule has 2 aromatic heterocycles. The van der Waals surface area contributed by atoms with Crippen LogP contribution in [0.25, 0.3) is 11.2 Å². The van der Waals surface area contributed by atoms with Gasteiger partial charge >= 0.3 is 0 Å². The van der Waals surface area contributed by atoms with Gasteiger partial charge in [-0.1, -0.05) is 13.3 Å². The van der Waals surface area contributed by atoms with E-state index in [2.05, 4.69) is 21.6 Å². The molecule has 0 aromatic carbocycles. The Bertz CT molecular complexity index is 724. The number of fused-ring (bicyclic) bond motifs is 1. The van der Waals surface area contributed by atoms with Crippen molar-refractivity contribution >= 4 is 23.4 Å². The summed E-state index contributed by atoms with van der Waals surface area (Å²) in [5.74, 6) is 0.729. The summed E-state index contributed by atoms with van der Waals surface area (Å²) >= 11 is 5.62. The average molecular weight is 306 g/mol. The van der Waals surface area contributed by atoms with E-state index in [1.807, 2.05) is 11.7 Å². The minimum absolute atomic E-state index is 0.334. The molecule has 0 spiro atoms. The molecule has 4 rings (SSSR count). The molecule has 1 saturated heterocycles. The molecule has 1 aliphatic carbocycles. The first kappa shape index (κ1) is 13.5. The third-order valence-corrected chi connectivity index (χ3v) is 5.08. The fourth-order valence-electron chi connectivity index (χ4n) is 3.71. The van der Waals surface area contributed by atoms with Crippen molar-refractivity contribution in [1.82, 2.24) is 19.3 Å². The van der Waals surface area contributed by atoms with E-state index in [1.54, 1.807) is 0 Å². The number of nitrogens with one attached hydrogen (secondary N) is 1. The number of aromatic amines is 1. The molecule has 6 heteroatoms. The van der Waals surface area contributed by atoms with Crippen LogP contribution < -0.4 is 0 Å². The lowest BCUT2D eigenvalue weighted by Gasteiger charge is -2.20. The van der Waals surface area contributed by atoms with Gasteiger partial charge in [-0.25, -0.2) is 0 Å². The molecule has 2 unspecified atom stereocenters. The number of hydrogen-bond donors (Lipinski definition) is 1. The number of rotatable bonds is 4. The predicted octanol–water partition coefficient (Wildman–Crippen LogP) is 3.12. The lowest BCUT2D eigenvalue weighted by Crippen LogP contribution is -2.23. The van der Waals surface area contributed by atoms with Gasteiger partial charge in [0, 0.05) is 13.7 Å². The minimum Gasteiger partial charge on any atom is -0.376 e. The molecule has 0 amide bonds. The quantitative estimate of drug-likeness (QED) is 0.883. The van der Waals surface area contributed by atoms with Gasteiger partial charge in [-0.15, -0.1) is 0 Å². The zero-order valence-electron chi connectivity index (χ0n) is 12.6. The van der Waals surface area contributed by atoms with Crippen molar-refractivity contribution in [3.8, 4) is 0 Å². The van der Waals surface area contributed by atoms with Crippen LogP contribution in [0.15, 0.2) is 0 Å². The lowest BCUT2D eigenvalue weighted by atomic mass is 10.1. The van der Waals surface area contributed by atoms with Gasteiger partial charge in [0.15, 0.2) is 10.4 Å². The lowest BCUT2D eigenvalue weighted by molar-refractivity contribution is 0.0754. The summed E-state index contributed by atoms with van der Waals surface area (Å²) in [5, 5.41) is 4.68. The molecule has 2 fully saturated rings. The molecule has 2 aromatic rings. The van der Waals surface area contributed by atoms with E-state index in [0.29, 0.717) is 12.1 Å². The maximum atomic E-state index is 6.00. The van der Waals surface area contributed by atoms with Crippen LogP contribution >= 0.6 is 12.2 Å². The third-order valence-electron chi connectivity index (χ3n) is 4.78. The number of imidazole rings is 1. The molecule has 3 heterocycles. The number of H-pyrrole nitrogens is 1. The first-order valence-corrected chi connectivity index (χ1v) is 8.39. The zero-order valence-corrected chi connectivity index (χ0v) is 13.4. The highest BCUT2D eigenvalue weighted by Gasteiger charge is 2.42. The van der Waals surface area contributed by atoms with Gasteiger partial charge < -0.3 is 9.72 Å². The normalized spacial score (nSPS) is 26.0. The molecule has 1 N–H and O–H groups in total. The monoisotopic (exact) mass is 306 g/mol. The van der Waals surface area contributed by atoms with Gasteiger partial charge in [0.1, 0.15) is 5.52 Å². The molecule has 0 bridgehead atoms. The van der Waals surface area contributed by atoms with E-state index in [1.165, 1.54) is 12.8 Å². The summed E-state index contributed by atoms with van der Waals surface area (Å²) in [6.07, 6.45) is 6.06. The number of nitrogens with zero attached hydrogens (tertiary/aromatic N) is 3. The Morgan fingerprint density at radius 2 is 2.19 bits per heavy atom. The van der Waals surface area contributed by atoms with E-state index in [0.717, 1.165) is 53.4 Å². The summed E-state index contributed by atoms with van der Waals surface area (Å²) in [4.78, 5) is 3.40. The van der Waals surface area contributed by atoms with Crippen LogP contribution in [0.1, 0.15) is 44.3 Å². The van der Waals surface area contributed by atoms with Crippen LogP contribution in [0, 0.1) is 10.7 Å². The highest BCUT2D eigenvalue weighted by Crippen LogP contribution is 2.44. The fraction of sp³-hybridized carbons (Fsp3) is 0.733. The van der Waals surface area contributed by atoms with Crippen molar-refractivity contribution in [3.63, 3.8) is 0 Å². The summed E-state index contributed by atoms with van der Waals surface area (Å²) < 4.78 is 11.1. The molecule has 5 nitrogen and oxygen atoms in total. The van der Waals surface area contributed by atoms with Crippen molar-refractivity contribution in [2.45, 2.75) is 51.2 Å². The zero-order chi connectivity index (χ0) is 14.6. The molecular weight excluding hydrogens is 284 g/mol. The maximum Gasteiger partial charge on any atom is 0.179 e. The predicted molar refractivity (Wildman–Crippen MR) is 84.0 cm³/mol. The maximum absolute atomic E-state index is 6.00. The second kappa shape index (κ2) is 4.95. The Kier molecular flexibility index (Phi) is 3.19. The summed E-state index contributed by atoms with van der Waals surface area (Å²) in [5.41, 5.74) is 3.37. The van der Waals surface area contributed by atoms with Crippen LogP contribution in [-0.2, 0) is 18.2 Å². The Morgan fingerprint density at radius 1 is 1.38 bits per heavy atom. The average Bonchev–Trinajstić information content (AvgIpc) is 2.97. The number of ether oxygens (including phenoxy) is 1. The van der Waals surface area contributed by atoms with Gasteiger partial charge in [0.2, 0.25) is 0 Å². The smallest absolute Gasteiger partial charge is 0.179 e. The first-order chi connectivity index (χ1) is 10.2. The standard InChI is InChI=1S/C15H22N4OS/c1-3-4-10-12-14(18(2)17-10)19(15(21)16-12)11-7-8-20-13(11)9-5-6-9/h9,11,13H,3-8H2,1-2H3,(H,16,21). The van der Waals surface area contributed by atoms with Gasteiger partial charge in [0.25, 0.3) is 0 Å². The largest absolute Gasteiger partial charge is 0.376 e. The number of hydrogen-bond acceptors (Lipinski definition) is 3. The molecular formula is C15H22N4OS. The van der Waals surface area contributed by atoms with E-state index >= 15 is 0 Å². The van der Waals surface area contributed by atoms with Crippen molar-refractivity contribution in [3.05, 3.63) is 10.5 Å². The SMILES string of the molecule is CCCc1nn(C)c2c1[nH]c(=S)n2C1CCOC1C1CC1. The van der Waals surface area contributed by atoms with E-state index in [4.69, 9.17) is 17.0 Å². The van der Waals surface area contributed by atoms with Crippen molar-refractivity contribution in [2.75, 3.05) is 6.61 Å². The van der Waals surface area contributed by atoms with Crippen LogP contribution in [0.5, 0.6) is 0 Å². The van der Waals surface area contributed by atoms with E-state index in [9.17, 15) is 0 Å². The van der Waals surface area contributed by atoms with Gasteiger partial charge in [-0.3, -0.25) is 9.25 Å². The second-order valence-corrected chi connectivity index (χ2v) is 6.73. The Balaban J connectivity index is 1.84. The van der Waals surface area contributed by atoms with Gasteiger partial charge in [-0.2, -0.15) is 5.10 Å². The fourth-order valence-corrected chi connectivity index (χ4v) is 4.03. The minimum atomic E-state index is 0.334. The topological polar surface area (TPSA) is 47.8 Å². The second-order valence-electron chi connectivity index (χ2n) is 6.35. The Morgan fingerprint density at radius 3 is 2.90 bits per heavy atom. The molecule has 1 aliphatic heterocycles. The van der Waals surface area contributed by atoms with E-state index in [-0.39, 0.29) is 0 Å². The molecule has 2 aliphatic rings. The van der Waals surface area contributed by atoms with Crippen molar-refractivity contribution in [2.24, 2.45) is 13.0 Å². The Labute approximate surface area is 129 Å². The molecule has 1 saturated carbocycles. The number of aryl methyl sites for hydroxylation is 2. The van der Waals surface area contributed by atoms with Crippen LogP contribution in [-0.4, -0.2) is 32.0 Å². The molecule has 21 heavy (non-hydrogen) atoms. The van der Waals surface area contributed by atoms with Crippen molar-refractivity contribution < 1.29 is 4.74 Å². The highest BCUT2D eigenvalue weighted by atomic mass is 32.1. The molecule has 114 valence electrons. The molecule has 0 radical (unpaired) electrons. The van der Waals surface area contributed by atoms with Gasteiger partial charge in [0.05, 0.1) is 17.8 Å². The summed E-state index contributed by atoms with van der Waals surface area (Å²) in [6.45, 7) is 3.03. The molecule has 2 atom stereocenters. The third kappa shape index (κ3) is 2.07. The van der Waals surface area contributed by atoms with Gasteiger partial charge in [-0.05, 0) is 43.8 Å². The van der Waals surface area contributed by atoms with Crippen LogP contribution in [0.2, 0.25) is 0 Å². The summed E-state index contributed by atoms with van der Waals surface area (Å²) in [6, 6.07) is 0.364. The first-order valence-electron chi connectivity index (χ1n) is 7.98. The van der Waals surface area contributed by atoms with Crippen LogP contribution in [0.3, 0.4) is 0 Å². The van der Waals surface area contributed by atoms with Crippen LogP contribution in [0.4, 0.5) is 0 Å². The Hall–Kier alpha value is -1.14. The number of aromatic nitrogens is 4.